The molecule has 0 saturated carbocycles. The van der Waals surface area contributed by atoms with Gasteiger partial charge in [0.25, 0.3) is 0 Å². The molecule has 7 nitrogen and oxygen atoms in total. The molecule has 0 fully saturated rings. The van der Waals surface area contributed by atoms with Crippen molar-refractivity contribution in [3.05, 3.63) is 67.1 Å². The number of nitrogens with zero attached hydrogens (tertiary/aromatic N) is 7. The van der Waals surface area contributed by atoms with Crippen molar-refractivity contribution < 1.29 is 0 Å². The third kappa shape index (κ3) is 3.29. The summed E-state index contributed by atoms with van der Waals surface area (Å²) >= 11 is 1.64. The molecule has 0 bridgehead atoms. The van der Waals surface area contributed by atoms with E-state index in [1.807, 2.05) is 22.4 Å². The van der Waals surface area contributed by atoms with Crippen molar-refractivity contribution in [2.45, 2.75) is 10.9 Å². The van der Waals surface area contributed by atoms with Gasteiger partial charge in [0, 0.05) is 43.3 Å². The Kier molecular flexibility index (Phi) is 4.26. The lowest BCUT2D eigenvalue weighted by Gasteiger charge is -2.05. The van der Waals surface area contributed by atoms with E-state index in [-0.39, 0.29) is 0 Å². The molecule has 8 heteroatoms. The number of hydrogen-bond donors (Lipinski definition) is 0. The molecule has 0 aliphatic rings. The molecular formula is C17H15N7S. The molecule has 3 aromatic heterocycles. The first kappa shape index (κ1) is 15.5. The van der Waals surface area contributed by atoms with Crippen molar-refractivity contribution in [3.8, 4) is 17.2 Å². The predicted octanol–water partition coefficient (Wildman–Crippen LogP) is 2.75. The van der Waals surface area contributed by atoms with Crippen molar-refractivity contribution >= 4 is 11.8 Å². The van der Waals surface area contributed by atoms with Crippen LogP contribution in [0.4, 0.5) is 0 Å². The van der Waals surface area contributed by atoms with Crippen LogP contribution in [0.5, 0.6) is 0 Å². The summed E-state index contributed by atoms with van der Waals surface area (Å²) in [5, 5.41) is 9.33. The van der Waals surface area contributed by atoms with Crippen molar-refractivity contribution in [2.75, 3.05) is 0 Å². The molecule has 0 N–H and O–H groups in total. The van der Waals surface area contributed by atoms with Gasteiger partial charge < -0.3 is 9.13 Å². The molecule has 0 unspecified atom stereocenters. The largest absolute Gasteiger partial charge is 0.306 e. The summed E-state index contributed by atoms with van der Waals surface area (Å²) in [6, 6.07) is 8.39. The van der Waals surface area contributed by atoms with E-state index < -0.39 is 0 Å². The average Bonchev–Trinajstić information content (AvgIpc) is 3.31. The molecule has 0 atom stereocenters. The normalized spacial score (nSPS) is 10.9. The SMILES string of the molecule is Cn1c(SCc2ccc(-n3ccnc3)cc2)nnc1-c1cnccn1. The van der Waals surface area contributed by atoms with Crippen molar-refractivity contribution in [3.63, 3.8) is 0 Å². The molecule has 0 saturated heterocycles. The lowest BCUT2D eigenvalue weighted by Crippen LogP contribution is -1.97. The predicted molar refractivity (Wildman–Crippen MR) is 95.2 cm³/mol. The molecular weight excluding hydrogens is 334 g/mol. The van der Waals surface area contributed by atoms with Crippen LogP contribution in [0.2, 0.25) is 0 Å². The Morgan fingerprint density at radius 2 is 1.88 bits per heavy atom. The fourth-order valence-electron chi connectivity index (χ4n) is 2.40. The van der Waals surface area contributed by atoms with E-state index in [4.69, 9.17) is 0 Å². The van der Waals surface area contributed by atoms with Gasteiger partial charge in [-0.2, -0.15) is 0 Å². The van der Waals surface area contributed by atoms with Gasteiger partial charge in [0.05, 0.1) is 12.5 Å². The first-order chi connectivity index (χ1) is 12.3. The van der Waals surface area contributed by atoms with Crippen LogP contribution in [0, 0.1) is 0 Å². The maximum absolute atomic E-state index is 4.27. The molecule has 0 spiro atoms. The Morgan fingerprint density at radius 3 is 2.60 bits per heavy atom. The second-order valence-corrected chi connectivity index (χ2v) is 6.32. The van der Waals surface area contributed by atoms with E-state index >= 15 is 0 Å². The van der Waals surface area contributed by atoms with Crippen LogP contribution < -0.4 is 0 Å². The number of benzene rings is 1. The van der Waals surface area contributed by atoms with Gasteiger partial charge in [0.2, 0.25) is 0 Å². The van der Waals surface area contributed by atoms with Gasteiger partial charge in [-0.1, -0.05) is 23.9 Å². The second kappa shape index (κ2) is 6.86. The molecule has 124 valence electrons. The van der Waals surface area contributed by atoms with Crippen LogP contribution >= 0.6 is 11.8 Å². The van der Waals surface area contributed by atoms with Gasteiger partial charge in [-0.25, -0.2) is 9.97 Å². The Morgan fingerprint density at radius 1 is 1.00 bits per heavy atom. The van der Waals surface area contributed by atoms with E-state index in [0.717, 1.165) is 16.6 Å². The Hall–Kier alpha value is -3.00. The smallest absolute Gasteiger partial charge is 0.191 e. The third-order valence-electron chi connectivity index (χ3n) is 3.73. The Labute approximate surface area is 148 Å². The monoisotopic (exact) mass is 349 g/mol. The van der Waals surface area contributed by atoms with Gasteiger partial charge in [0.1, 0.15) is 5.69 Å². The van der Waals surface area contributed by atoms with Crippen molar-refractivity contribution in [1.29, 1.82) is 0 Å². The molecule has 4 rings (SSSR count). The Balaban J connectivity index is 1.46. The van der Waals surface area contributed by atoms with Crippen LogP contribution in [0.1, 0.15) is 5.56 Å². The zero-order valence-corrected chi connectivity index (χ0v) is 14.3. The van der Waals surface area contributed by atoms with E-state index in [0.29, 0.717) is 11.5 Å². The third-order valence-corrected chi connectivity index (χ3v) is 4.83. The van der Waals surface area contributed by atoms with Gasteiger partial charge in [-0.15, -0.1) is 10.2 Å². The van der Waals surface area contributed by atoms with E-state index in [2.05, 4.69) is 49.4 Å². The highest BCUT2D eigenvalue weighted by Crippen LogP contribution is 2.24. The lowest BCUT2D eigenvalue weighted by atomic mass is 10.2. The van der Waals surface area contributed by atoms with E-state index in [1.165, 1.54) is 5.56 Å². The number of rotatable bonds is 5. The topological polar surface area (TPSA) is 74.3 Å². The summed E-state index contributed by atoms with van der Waals surface area (Å²) in [6.07, 6.45) is 10.5. The van der Waals surface area contributed by atoms with Crippen molar-refractivity contribution in [1.82, 2.24) is 34.3 Å². The highest BCUT2D eigenvalue weighted by Gasteiger charge is 2.12. The minimum atomic E-state index is 0.714. The maximum Gasteiger partial charge on any atom is 0.191 e. The average molecular weight is 349 g/mol. The fourth-order valence-corrected chi connectivity index (χ4v) is 3.27. The molecule has 0 aliphatic heterocycles. The van der Waals surface area contributed by atoms with Crippen LogP contribution in [0.15, 0.2) is 66.7 Å². The minimum Gasteiger partial charge on any atom is -0.306 e. The molecule has 0 radical (unpaired) electrons. The molecule has 25 heavy (non-hydrogen) atoms. The van der Waals surface area contributed by atoms with Crippen LogP contribution in [-0.4, -0.2) is 34.3 Å². The number of imidazole rings is 1. The highest BCUT2D eigenvalue weighted by molar-refractivity contribution is 7.98. The summed E-state index contributed by atoms with van der Waals surface area (Å²) in [5.41, 5.74) is 3.03. The van der Waals surface area contributed by atoms with E-state index in [1.54, 1.807) is 42.9 Å². The number of thioether (sulfide) groups is 1. The summed E-state index contributed by atoms with van der Waals surface area (Å²) < 4.78 is 3.92. The summed E-state index contributed by atoms with van der Waals surface area (Å²) in [5.74, 6) is 1.53. The fraction of sp³-hybridized carbons (Fsp3) is 0.118. The number of aromatic nitrogens is 7. The highest BCUT2D eigenvalue weighted by atomic mass is 32.2. The first-order valence-electron chi connectivity index (χ1n) is 7.67. The Bertz CT molecular complexity index is 947. The zero-order valence-electron chi connectivity index (χ0n) is 13.5. The van der Waals surface area contributed by atoms with Gasteiger partial charge in [0.15, 0.2) is 11.0 Å². The zero-order chi connectivity index (χ0) is 17.1. The summed E-state index contributed by atoms with van der Waals surface area (Å²) in [7, 11) is 1.94. The first-order valence-corrected chi connectivity index (χ1v) is 8.65. The number of hydrogen-bond acceptors (Lipinski definition) is 6. The molecule has 4 aromatic rings. The van der Waals surface area contributed by atoms with Crippen LogP contribution in [-0.2, 0) is 12.8 Å². The molecule has 0 amide bonds. The molecule has 3 heterocycles. The maximum atomic E-state index is 4.27. The standard InChI is InChI=1S/C17H15N7S/c1-23-16(15-10-18-6-7-20-15)21-22-17(23)25-11-13-2-4-14(5-3-13)24-9-8-19-12-24/h2-10,12H,11H2,1H3. The minimum absolute atomic E-state index is 0.714. The second-order valence-electron chi connectivity index (χ2n) is 5.38. The summed E-state index contributed by atoms with van der Waals surface area (Å²) in [6.45, 7) is 0. The lowest BCUT2D eigenvalue weighted by molar-refractivity contribution is 0.791. The van der Waals surface area contributed by atoms with Gasteiger partial charge in [-0.05, 0) is 17.7 Å². The quantitative estimate of drug-likeness (QED) is 0.516. The van der Waals surface area contributed by atoms with Crippen LogP contribution in [0.25, 0.3) is 17.2 Å². The van der Waals surface area contributed by atoms with Crippen LogP contribution in [0.3, 0.4) is 0 Å². The molecule has 0 aliphatic carbocycles. The molecule has 1 aromatic carbocycles. The van der Waals surface area contributed by atoms with Gasteiger partial charge in [-0.3, -0.25) is 4.98 Å². The van der Waals surface area contributed by atoms with E-state index in [9.17, 15) is 0 Å². The summed E-state index contributed by atoms with van der Waals surface area (Å²) in [4.78, 5) is 12.4. The van der Waals surface area contributed by atoms with Crippen molar-refractivity contribution in [2.24, 2.45) is 7.05 Å². The van der Waals surface area contributed by atoms with Gasteiger partial charge >= 0.3 is 0 Å².